The van der Waals surface area contributed by atoms with E-state index in [1.165, 1.54) is 23.3 Å². The van der Waals surface area contributed by atoms with Crippen LogP contribution in [0.5, 0.6) is 0 Å². The first-order valence-electron chi connectivity index (χ1n) is 6.70. The number of anilines is 1. The van der Waals surface area contributed by atoms with Gasteiger partial charge in [0.2, 0.25) is 0 Å². The van der Waals surface area contributed by atoms with Gasteiger partial charge in [0.25, 0.3) is 0 Å². The second-order valence-electron chi connectivity index (χ2n) is 4.79. The van der Waals surface area contributed by atoms with Crippen molar-refractivity contribution in [1.82, 2.24) is 5.43 Å². The molecule has 3 nitrogen and oxygen atoms in total. The van der Waals surface area contributed by atoms with Crippen molar-refractivity contribution < 1.29 is 4.39 Å². The van der Waals surface area contributed by atoms with E-state index in [2.05, 4.69) is 28.0 Å². The number of aryl methyl sites for hydroxylation is 1. The smallest absolute Gasteiger partial charge is 0.191 e. The Morgan fingerprint density at radius 2 is 1.81 bits per heavy atom. The van der Waals surface area contributed by atoms with E-state index in [1.54, 1.807) is 12.1 Å². The van der Waals surface area contributed by atoms with Crippen LogP contribution in [0.3, 0.4) is 0 Å². The topological polar surface area (TPSA) is 36.4 Å². The molecular formula is C16H14FN3S. The van der Waals surface area contributed by atoms with Gasteiger partial charge in [-0.25, -0.2) is 4.39 Å². The summed E-state index contributed by atoms with van der Waals surface area (Å²) in [6, 6.07) is 14.2. The molecular weight excluding hydrogens is 285 g/mol. The molecule has 2 aromatic carbocycles. The molecule has 0 fully saturated rings. The molecule has 1 aliphatic rings. The molecule has 0 saturated carbocycles. The Bertz CT molecular complexity index is 695. The number of halogens is 1. The summed E-state index contributed by atoms with van der Waals surface area (Å²) in [7, 11) is 0. The molecule has 0 amide bonds. The summed E-state index contributed by atoms with van der Waals surface area (Å²) in [5.41, 5.74) is 7.07. The fourth-order valence-electron chi connectivity index (χ4n) is 2.33. The Labute approximate surface area is 127 Å². The summed E-state index contributed by atoms with van der Waals surface area (Å²) in [6.45, 7) is 0. The van der Waals surface area contributed by atoms with E-state index in [0.717, 1.165) is 24.2 Å². The Balaban J connectivity index is 1.64. The number of rotatable bonds is 2. The first kappa shape index (κ1) is 13.7. The van der Waals surface area contributed by atoms with Crippen molar-refractivity contribution in [2.45, 2.75) is 12.8 Å². The van der Waals surface area contributed by atoms with Crippen molar-refractivity contribution >= 4 is 28.7 Å². The molecule has 0 bridgehead atoms. The van der Waals surface area contributed by atoms with Crippen LogP contribution in [-0.4, -0.2) is 10.8 Å². The number of thiocarbonyl (C=S) groups is 1. The second-order valence-corrected chi connectivity index (χ2v) is 5.20. The molecule has 0 aliphatic heterocycles. The average Bonchev–Trinajstić information content (AvgIpc) is 2.91. The van der Waals surface area contributed by atoms with E-state index in [9.17, 15) is 4.39 Å². The Kier molecular flexibility index (Phi) is 3.92. The summed E-state index contributed by atoms with van der Waals surface area (Å²) in [4.78, 5) is 0. The Hall–Kier alpha value is -2.27. The van der Waals surface area contributed by atoms with Gasteiger partial charge in [0, 0.05) is 11.3 Å². The van der Waals surface area contributed by atoms with Gasteiger partial charge in [-0.3, -0.25) is 5.43 Å². The minimum absolute atomic E-state index is 0.276. The summed E-state index contributed by atoms with van der Waals surface area (Å²) in [6.07, 6.45) is 1.92. The largest absolute Gasteiger partial charge is 0.331 e. The van der Waals surface area contributed by atoms with Crippen molar-refractivity contribution in [1.29, 1.82) is 0 Å². The van der Waals surface area contributed by atoms with Gasteiger partial charge >= 0.3 is 0 Å². The van der Waals surface area contributed by atoms with E-state index in [-0.39, 0.29) is 5.82 Å². The quantitative estimate of drug-likeness (QED) is 0.658. The normalized spacial score (nSPS) is 14.8. The molecule has 2 N–H and O–H groups in total. The highest BCUT2D eigenvalue weighted by Gasteiger charge is 2.16. The fourth-order valence-corrected chi connectivity index (χ4v) is 2.50. The van der Waals surface area contributed by atoms with Gasteiger partial charge in [-0.2, -0.15) is 5.10 Å². The van der Waals surface area contributed by atoms with Crippen LogP contribution < -0.4 is 10.7 Å². The molecule has 3 rings (SSSR count). The lowest BCUT2D eigenvalue weighted by atomic mass is 10.1. The summed E-state index contributed by atoms with van der Waals surface area (Å²) >= 11 is 5.18. The van der Waals surface area contributed by atoms with E-state index in [1.807, 2.05) is 12.1 Å². The highest BCUT2D eigenvalue weighted by Crippen LogP contribution is 2.21. The van der Waals surface area contributed by atoms with Crippen LogP contribution in [0.1, 0.15) is 17.5 Å². The molecule has 5 heteroatoms. The molecule has 0 unspecified atom stereocenters. The maximum atomic E-state index is 12.8. The second kappa shape index (κ2) is 6.01. The molecule has 0 radical (unpaired) electrons. The highest BCUT2D eigenvalue weighted by molar-refractivity contribution is 7.80. The van der Waals surface area contributed by atoms with E-state index in [0.29, 0.717) is 5.11 Å². The predicted molar refractivity (Wildman–Crippen MR) is 87.1 cm³/mol. The van der Waals surface area contributed by atoms with Crippen molar-refractivity contribution in [3.05, 3.63) is 65.5 Å². The van der Waals surface area contributed by atoms with Gasteiger partial charge < -0.3 is 5.32 Å². The van der Waals surface area contributed by atoms with E-state index >= 15 is 0 Å². The molecule has 1 aliphatic carbocycles. The van der Waals surface area contributed by atoms with Crippen LogP contribution in [0.15, 0.2) is 53.6 Å². The van der Waals surface area contributed by atoms with Gasteiger partial charge in [0.1, 0.15) is 5.82 Å². The van der Waals surface area contributed by atoms with Crippen LogP contribution in [0.25, 0.3) is 0 Å². The lowest BCUT2D eigenvalue weighted by Crippen LogP contribution is -2.25. The van der Waals surface area contributed by atoms with Crippen LogP contribution in [-0.2, 0) is 6.42 Å². The maximum absolute atomic E-state index is 12.8. The van der Waals surface area contributed by atoms with Gasteiger partial charge in [0.15, 0.2) is 5.11 Å². The minimum atomic E-state index is -0.276. The van der Waals surface area contributed by atoms with Crippen LogP contribution in [0.2, 0.25) is 0 Å². The summed E-state index contributed by atoms with van der Waals surface area (Å²) < 4.78 is 12.8. The van der Waals surface area contributed by atoms with Gasteiger partial charge in [-0.05, 0) is 54.9 Å². The summed E-state index contributed by atoms with van der Waals surface area (Å²) in [5, 5.41) is 7.72. The molecule has 0 aromatic heterocycles. The van der Waals surface area contributed by atoms with E-state index in [4.69, 9.17) is 12.2 Å². The lowest BCUT2D eigenvalue weighted by Gasteiger charge is -2.07. The van der Waals surface area contributed by atoms with Crippen molar-refractivity contribution in [2.75, 3.05) is 5.32 Å². The predicted octanol–water partition coefficient (Wildman–Crippen LogP) is 3.46. The number of benzene rings is 2. The van der Waals surface area contributed by atoms with Crippen molar-refractivity contribution in [3.63, 3.8) is 0 Å². The highest BCUT2D eigenvalue weighted by atomic mass is 32.1. The Morgan fingerprint density at radius 3 is 2.62 bits per heavy atom. The average molecular weight is 299 g/mol. The molecule has 0 saturated heterocycles. The zero-order chi connectivity index (χ0) is 14.7. The fraction of sp³-hybridized carbons (Fsp3) is 0.125. The number of fused-ring (bicyclic) bond motifs is 1. The molecule has 106 valence electrons. The minimum Gasteiger partial charge on any atom is -0.331 e. The van der Waals surface area contributed by atoms with Gasteiger partial charge in [0.05, 0.1) is 5.71 Å². The third-order valence-electron chi connectivity index (χ3n) is 3.35. The molecule has 0 spiro atoms. The monoisotopic (exact) mass is 299 g/mol. The number of nitrogens with one attached hydrogen (secondary N) is 2. The van der Waals surface area contributed by atoms with Crippen LogP contribution >= 0.6 is 12.2 Å². The third-order valence-corrected chi connectivity index (χ3v) is 3.55. The summed E-state index contributed by atoms with van der Waals surface area (Å²) in [5.74, 6) is -0.276. The zero-order valence-corrected chi connectivity index (χ0v) is 12.1. The first-order chi connectivity index (χ1) is 10.2. The van der Waals surface area contributed by atoms with Gasteiger partial charge in [-0.1, -0.05) is 24.3 Å². The number of hydrogen-bond acceptors (Lipinski definition) is 2. The number of hydrogen-bond donors (Lipinski definition) is 2. The standard InChI is InChI=1S/C16H14FN3S/c17-12-6-8-13(9-7-12)18-16(21)20-19-15-10-5-11-3-1-2-4-14(11)15/h1-4,6-9H,5,10H2,(H2,18,20,21)/b19-15-. The van der Waals surface area contributed by atoms with Crippen LogP contribution in [0.4, 0.5) is 10.1 Å². The lowest BCUT2D eigenvalue weighted by molar-refractivity contribution is 0.628. The molecule has 0 heterocycles. The third kappa shape index (κ3) is 3.25. The molecule has 0 atom stereocenters. The SMILES string of the molecule is Fc1ccc(NC(=S)N/N=C2/CCc3ccccc32)cc1. The van der Waals surface area contributed by atoms with Gasteiger partial charge in [-0.15, -0.1) is 0 Å². The number of hydrazone groups is 1. The zero-order valence-electron chi connectivity index (χ0n) is 11.3. The molecule has 21 heavy (non-hydrogen) atoms. The number of nitrogens with zero attached hydrogens (tertiary/aromatic N) is 1. The maximum Gasteiger partial charge on any atom is 0.191 e. The van der Waals surface area contributed by atoms with Crippen molar-refractivity contribution in [3.8, 4) is 0 Å². The molecule has 2 aromatic rings. The Morgan fingerprint density at radius 1 is 1.05 bits per heavy atom. The first-order valence-corrected chi connectivity index (χ1v) is 7.10. The van der Waals surface area contributed by atoms with E-state index < -0.39 is 0 Å². The van der Waals surface area contributed by atoms with Crippen molar-refractivity contribution in [2.24, 2.45) is 5.10 Å². The van der Waals surface area contributed by atoms with Crippen LogP contribution in [0, 0.1) is 5.82 Å².